The largest absolute Gasteiger partial charge is 0.336 e. The van der Waals surface area contributed by atoms with Crippen molar-refractivity contribution in [3.8, 4) is 5.69 Å². The molecule has 1 aliphatic heterocycles. The van der Waals surface area contributed by atoms with E-state index in [9.17, 15) is 4.79 Å². The predicted molar refractivity (Wildman–Crippen MR) is 106 cm³/mol. The molecule has 27 heavy (non-hydrogen) atoms. The van der Waals surface area contributed by atoms with Crippen molar-refractivity contribution in [3.05, 3.63) is 84.2 Å². The second-order valence-corrected chi connectivity index (χ2v) is 6.87. The number of carbonyl (C=O) groups is 1. The van der Waals surface area contributed by atoms with E-state index in [1.807, 2.05) is 41.4 Å². The highest BCUT2D eigenvalue weighted by molar-refractivity contribution is 5.94. The summed E-state index contributed by atoms with van der Waals surface area (Å²) >= 11 is 0. The molecule has 0 saturated carbocycles. The Balaban J connectivity index is 1.29. The van der Waals surface area contributed by atoms with Crippen molar-refractivity contribution in [2.75, 3.05) is 32.7 Å². The summed E-state index contributed by atoms with van der Waals surface area (Å²) in [6.07, 6.45) is 4.70. The van der Waals surface area contributed by atoms with E-state index >= 15 is 0 Å². The fourth-order valence-electron chi connectivity index (χ4n) is 3.47. The van der Waals surface area contributed by atoms with Crippen LogP contribution in [0, 0.1) is 0 Å². The molecule has 0 aliphatic carbocycles. The lowest BCUT2D eigenvalue weighted by Crippen LogP contribution is -2.49. The lowest BCUT2D eigenvalue weighted by molar-refractivity contribution is 0.0638. The monoisotopic (exact) mass is 360 g/mol. The Hall–Kier alpha value is -2.92. The van der Waals surface area contributed by atoms with Gasteiger partial charge >= 0.3 is 0 Å². The van der Waals surface area contributed by atoms with E-state index in [1.165, 1.54) is 5.56 Å². The van der Waals surface area contributed by atoms with Gasteiger partial charge < -0.3 is 4.90 Å². The van der Waals surface area contributed by atoms with Crippen LogP contribution in [0.2, 0.25) is 0 Å². The minimum absolute atomic E-state index is 0.115. The molecular formula is C22H24N4O. The zero-order valence-corrected chi connectivity index (χ0v) is 15.4. The third-order valence-electron chi connectivity index (χ3n) is 5.10. The van der Waals surface area contributed by atoms with Gasteiger partial charge in [-0.3, -0.25) is 9.69 Å². The third-order valence-corrected chi connectivity index (χ3v) is 5.10. The van der Waals surface area contributed by atoms with Crippen LogP contribution >= 0.6 is 0 Å². The lowest BCUT2D eigenvalue weighted by Gasteiger charge is -2.34. The van der Waals surface area contributed by atoms with E-state index in [-0.39, 0.29) is 5.91 Å². The van der Waals surface area contributed by atoms with Crippen molar-refractivity contribution in [3.63, 3.8) is 0 Å². The van der Waals surface area contributed by atoms with Crippen LogP contribution in [0.1, 0.15) is 15.9 Å². The van der Waals surface area contributed by atoms with Gasteiger partial charge in [-0.1, -0.05) is 30.3 Å². The molecule has 2 heterocycles. The van der Waals surface area contributed by atoms with Gasteiger partial charge in [0.15, 0.2) is 0 Å². The first-order chi connectivity index (χ1) is 13.3. The van der Waals surface area contributed by atoms with Gasteiger partial charge in [0.2, 0.25) is 0 Å². The average molecular weight is 360 g/mol. The highest BCUT2D eigenvalue weighted by Gasteiger charge is 2.21. The first-order valence-electron chi connectivity index (χ1n) is 9.45. The van der Waals surface area contributed by atoms with Crippen LogP contribution in [0.25, 0.3) is 5.69 Å². The third kappa shape index (κ3) is 4.26. The molecule has 1 fully saturated rings. The summed E-state index contributed by atoms with van der Waals surface area (Å²) in [7, 11) is 0. The number of amides is 1. The summed E-state index contributed by atoms with van der Waals surface area (Å²) in [6, 6.07) is 20.1. The Kier molecular flexibility index (Phi) is 5.30. The fraction of sp³-hybridized carbons (Fsp3) is 0.273. The van der Waals surface area contributed by atoms with Crippen LogP contribution < -0.4 is 0 Å². The normalized spacial score (nSPS) is 15.0. The fourth-order valence-corrected chi connectivity index (χ4v) is 3.47. The molecule has 0 unspecified atom stereocenters. The van der Waals surface area contributed by atoms with Gasteiger partial charge in [0.05, 0.1) is 5.69 Å². The number of nitrogens with zero attached hydrogens (tertiary/aromatic N) is 4. The number of aromatic nitrogens is 2. The molecule has 0 N–H and O–H groups in total. The second kappa shape index (κ2) is 8.18. The summed E-state index contributed by atoms with van der Waals surface area (Å²) in [5.41, 5.74) is 3.07. The number of carbonyl (C=O) groups excluding carboxylic acids is 1. The molecule has 4 rings (SSSR count). The van der Waals surface area contributed by atoms with E-state index in [2.05, 4.69) is 40.3 Å². The van der Waals surface area contributed by atoms with E-state index in [0.717, 1.165) is 50.4 Å². The number of benzene rings is 2. The molecule has 5 heteroatoms. The minimum Gasteiger partial charge on any atom is -0.336 e. The van der Waals surface area contributed by atoms with Crippen molar-refractivity contribution >= 4 is 5.91 Å². The zero-order chi connectivity index (χ0) is 18.5. The lowest BCUT2D eigenvalue weighted by atomic mass is 10.1. The first-order valence-corrected chi connectivity index (χ1v) is 9.45. The molecule has 138 valence electrons. The minimum atomic E-state index is 0.115. The van der Waals surface area contributed by atoms with Crippen molar-refractivity contribution in [1.82, 2.24) is 19.6 Å². The van der Waals surface area contributed by atoms with Crippen LogP contribution in [0.15, 0.2) is 73.1 Å². The Labute approximate surface area is 159 Å². The maximum absolute atomic E-state index is 12.8. The molecule has 0 bridgehead atoms. The topological polar surface area (TPSA) is 41.4 Å². The molecule has 1 amide bonds. The molecule has 1 aliphatic rings. The average Bonchev–Trinajstić information content (AvgIpc) is 3.28. The number of hydrogen-bond acceptors (Lipinski definition) is 3. The smallest absolute Gasteiger partial charge is 0.253 e. The van der Waals surface area contributed by atoms with Crippen molar-refractivity contribution in [2.45, 2.75) is 6.42 Å². The van der Waals surface area contributed by atoms with E-state index in [0.29, 0.717) is 0 Å². The van der Waals surface area contributed by atoms with Gasteiger partial charge in [0.1, 0.15) is 0 Å². The Morgan fingerprint density at radius 2 is 1.63 bits per heavy atom. The van der Waals surface area contributed by atoms with Gasteiger partial charge in [-0.05, 0) is 42.3 Å². The molecule has 2 aromatic carbocycles. The summed E-state index contributed by atoms with van der Waals surface area (Å²) in [5.74, 6) is 0.115. The SMILES string of the molecule is O=C(c1ccc(-n2cccn2)cc1)N1CCN(CCc2ccccc2)CC1. The van der Waals surface area contributed by atoms with Crippen LogP contribution in [0.4, 0.5) is 0 Å². The van der Waals surface area contributed by atoms with E-state index in [4.69, 9.17) is 0 Å². The molecule has 0 radical (unpaired) electrons. The summed E-state index contributed by atoms with van der Waals surface area (Å²) in [6.45, 7) is 4.49. The molecular weight excluding hydrogens is 336 g/mol. The van der Waals surface area contributed by atoms with E-state index in [1.54, 1.807) is 10.9 Å². The Morgan fingerprint density at radius 1 is 0.889 bits per heavy atom. The first kappa shape index (κ1) is 17.5. The Bertz CT molecular complexity index is 851. The van der Waals surface area contributed by atoms with Gasteiger partial charge in [0, 0.05) is 50.7 Å². The quantitative estimate of drug-likeness (QED) is 0.703. The van der Waals surface area contributed by atoms with Gasteiger partial charge in [0.25, 0.3) is 5.91 Å². The summed E-state index contributed by atoms with van der Waals surface area (Å²) in [4.78, 5) is 17.2. The Morgan fingerprint density at radius 3 is 2.30 bits per heavy atom. The van der Waals surface area contributed by atoms with Crippen molar-refractivity contribution in [2.24, 2.45) is 0 Å². The van der Waals surface area contributed by atoms with Crippen molar-refractivity contribution < 1.29 is 4.79 Å². The second-order valence-electron chi connectivity index (χ2n) is 6.87. The standard InChI is InChI=1S/C22H24N4O/c27-22(20-7-9-21(10-8-20)26-13-4-12-23-26)25-17-15-24(16-18-25)14-11-19-5-2-1-3-6-19/h1-10,12-13H,11,14-18H2. The van der Waals surface area contributed by atoms with Crippen LogP contribution in [-0.4, -0.2) is 58.2 Å². The number of rotatable bonds is 5. The van der Waals surface area contributed by atoms with Gasteiger partial charge in [-0.15, -0.1) is 0 Å². The molecule has 0 spiro atoms. The number of hydrogen-bond donors (Lipinski definition) is 0. The number of piperazine rings is 1. The highest BCUT2D eigenvalue weighted by Crippen LogP contribution is 2.13. The van der Waals surface area contributed by atoms with Crippen LogP contribution in [0.3, 0.4) is 0 Å². The maximum atomic E-state index is 12.8. The summed E-state index contributed by atoms with van der Waals surface area (Å²) < 4.78 is 1.79. The molecule has 0 atom stereocenters. The molecule has 1 aromatic heterocycles. The zero-order valence-electron chi connectivity index (χ0n) is 15.4. The molecule has 1 saturated heterocycles. The molecule has 3 aromatic rings. The van der Waals surface area contributed by atoms with Crippen LogP contribution in [-0.2, 0) is 6.42 Å². The maximum Gasteiger partial charge on any atom is 0.253 e. The predicted octanol–water partition coefficient (Wildman–Crippen LogP) is 2.87. The van der Waals surface area contributed by atoms with Gasteiger partial charge in [-0.25, -0.2) is 4.68 Å². The summed E-state index contributed by atoms with van der Waals surface area (Å²) in [5, 5.41) is 4.21. The van der Waals surface area contributed by atoms with Crippen molar-refractivity contribution in [1.29, 1.82) is 0 Å². The van der Waals surface area contributed by atoms with Gasteiger partial charge in [-0.2, -0.15) is 5.10 Å². The van der Waals surface area contributed by atoms with Crippen LogP contribution in [0.5, 0.6) is 0 Å². The molecule has 5 nitrogen and oxygen atoms in total. The van der Waals surface area contributed by atoms with E-state index < -0.39 is 0 Å². The highest BCUT2D eigenvalue weighted by atomic mass is 16.2.